The highest BCUT2D eigenvalue weighted by Gasteiger charge is 2.46. The van der Waals surface area contributed by atoms with Gasteiger partial charge >= 0.3 is 5.97 Å². The van der Waals surface area contributed by atoms with Crippen LogP contribution in [-0.2, 0) is 0 Å². The van der Waals surface area contributed by atoms with Crippen LogP contribution < -0.4 is 5.32 Å². The number of carboxylic acids is 1. The standard InChI is InChI=1S/C14H15N3O2/c1-14(2)7-10(14)15-11-8-5-3-4-6-9(8)16-17-12(11)13(18)19/h3-6,10H,7H2,1-2H3,(H,15,16)(H,18,19). The monoisotopic (exact) mass is 257 g/mol. The predicted molar refractivity (Wildman–Crippen MR) is 72.3 cm³/mol. The van der Waals surface area contributed by atoms with E-state index < -0.39 is 5.97 Å². The maximum absolute atomic E-state index is 11.3. The molecule has 1 aliphatic carbocycles. The van der Waals surface area contributed by atoms with E-state index in [0.29, 0.717) is 17.2 Å². The Kier molecular flexibility index (Phi) is 2.45. The van der Waals surface area contributed by atoms with Gasteiger partial charge in [-0.25, -0.2) is 4.79 Å². The van der Waals surface area contributed by atoms with Crippen LogP contribution in [0.3, 0.4) is 0 Å². The fraction of sp³-hybridized carbons (Fsp3) is 0.357. The van der Waals surface area contributed by atoms with Gasteiger partial charge in [0.05, 0.1) is 11.2 Å². The van der Waals surface area contributed by atoms with E-state index in [4.69, 9.17) is 0 Å². The fourth-order valence-corrected chi connectivity index (χ4v) is 2.24. The van der Waals surface area contributed by atoms with E-state index in [1.54, 1.807) is 0 Å². The van der Waals surface area contributed by atoms with Crippen LogP contribution in [0.15, 0.2) is 24.3 Å². The van der Waals surface area contributed by atoms with Crippen LogP contribution in [-0.4, -0.2) is 27.3 Å². The number of hydrogen-bond donors (Lipinski definition) is 2. The first-order chi connectivity index (χ1) is 8.99. The largest absolute Gasteiger partial charge is 0.476 e. The summed E-state index contributed by atoms with van der Waals surface area (Å²) in [4.78, 5) is 11.3. The van der Waals surface area contributed by atoms with Gasteiger partial charge in [-0.3, -0.25) is 0 Å². The van der Waals surface area contributed by atoms with Crippen molar-refractivity contribution >= 4 is 22.6 Å². The summed E-state index contributed by atoms with van der Waals surface area (Å²) >= 11 is 0. The maximum Gasteiger partial charge on any atom is 0.358 e. The molecule has 1 heterocycles. The lowest BCUT2D eigenvalue weighted by Gasteiger charge is -2.12. The van der Waals surface area contributed by atoms with Crippen LogP contribution in [0.1, 0.15) is 30.8 Å². The molecule has 1 aromatic carbocycles. The van der Waals surface area contributed by atoms with Gasteiger partial charge in [-0.05, 0) is 17.9 Å². The second kappa shape index (κ2) is 3.91. The molecule has 1 atom stereocenters. The summed E-state index contributed by atoms with van der Waals surface area (Å²) in [6.07, 6.45) is 1.03. The number of carbonyl (C=O) groups is 1. The molecular weight excluding hydrogens is 242 g/mol. The van der Waals surface area contributed by atoms with Crippen molar-refractivity contribution in [2.45, 2.75) is 26.3 Å². The van der Waals surface area contributed by atoms with E-state index in [-0.39, 0.29) is 11.1 Å². The summed E-state index contributed by atoms with van der Waals surface area (Å²) in [6, 6.07) is 7.73. The first kappa shape index (κ1) is 11.9. The van der Waals surface area contributed by atoms with Gasteiger partial charge < -0.3 is 10.4 Å². The Hall–Kier alpha value is -2.17. The number of benzene rings is 1. The molecule has 0 spiro atoms. The van der Waals surface area contributed by atoms with Gasteiger partial charge in [0.15, 0.2) is 5.69 Å². The highest BCUT2D eigenvalue weighted by atomic mass is 16.4. The van der Waals surface area contributed by atoms with Gasteiger partial charge in [0.1, 0.15) is 0 Å². The lowest BCUT2D eigenvalue weighted by atomic mass is 10.1. The van der Waals surface area contributed by atoms with Crippen LogP contribution in [0, 0.1) is 5.41 Å². The molecule has 2 aromatic rings. The molecule has 0 saturated heterocycles. The zero-order valence-corrected chi connectivity index (χ0v) is 10.8. The number of aromatic carboxylic acids is 1. The van der Waals surface area contributed by atoms with Crippen molar-refractivity contribution in [2.24, 2.45) is 5.41 Å². The van der Waals surface area contributed by atoms with Gasteiger partial charge in [0, 0.05) is 11.4 Å². The third kappa shape index (κ3) is 2.01. The first-order valence-electron chi connectivity index (χ1n) is 6.24. The molecule has 0 aliphatic heterocycles. The number of carboxylic acid groups (broad SMARTS) is 1. The van der Waals surface area contributed by atoms with Crippen molar-refractivity contribution in [3.8, 4) is 0 Å². The normalized spacial score (nSPS) is 20.2. The van der Waals surface area contributed by atoms with Crippen LogP contribution in [0.4, 0.5) is 5.69 Å². The van der Waals surface area contributed by atoms with E-state index in [2.05, 4.69) is 29.4 Å². The average Bonchev–Trinajstić information content (AvgIpc) is 2.96. The summed E-state index contributed by atoms with van der Waals surface area (Å²) in [7, 11) is 0. The number of rotatable bonds is 3. The first-order valence-corrected chi connectivity index (χ1v) is 6.24. The molecule has 5 nitrogen and oxygen atoms in total. The Morgan fingerprint density at radius 1 is 1.37 bits per heavy atom. The van der Waals surface area contributed by atoms with Gasteiger partial charge in [-0.2, -0.15) is 0 Å². The van der Waals surface area contributed by atoms with Gasteiger partial charge in [-0.15, -0.1) is 10.2 Å². The zero-order chi connectivity index (χ0) is 13.6. The number of aromatic nitrogens is 2. The lowest BCUT2D eigenvalue weighted by Crippen LogP contribution is -2.14. The second-order valence-corrected chi connectivity index (χ2v) is 5.64. The lowest BCUT2D eigenvalue weighted by molar-refractivity contribution is 0.0690. The number of nitrogens with one attached hydrogen (secondary N) is 1. The highest BCUT2D eigenvalue weighted by molar-refractivity contribution is 6.02. The molecule has 1 aromatic heterocycles. The molecular formula is C14H15N3O2. The SMILES string of the molecule is CC1(C)CC1Nc1c(C(=O)O)nnc2ccccc12. The highest BCUT2D eigenvalue weighted by Crippen LogP contribution is 2.47. The molecule has 5 heteroatoms. The number of nitrogens with zero attached hydrogens (tertiary/aromatic N) is 2. The smallest absolute Gasteiger partial charge is 0.358 e. The zero-order valence-electron chi connectivity index (χ0n) is 10.8. The average molecular weight is 257 g/mol. The topological polar surface area (TPSA) is 75.1 Å². The van der Waals surface area contributed by atoms with Crippen LogP contribution >= 0.6 is 0 Å². The van der Waals surface area contributed by atoms with E-state index in [1.165, 1.54) is 0 Å². The Morgan fingerprint density at radius 3 is 2.68 bits per heavy atom. The number of fused-ring (bicyclic) bond motifs is 1. The molecule has 1 aliphatic rings. The van der Waals surface area contributed by atoms with Crippen LogP contribution in [0.25, 0.3) is 10.9 Å². The summed E-state index contributed by atoms with van der Waals surface area (Å²) in [5.41, 5.74) is 1.48. The minimum Gasteiger partial charge on any atom is -0.476 e. The van der Waals surface area contributed by atoms with Gasteiger partial charge in [0.25, 0.3) is 0 Å². The van der Waals surface area contributed by atoms with E-state index in [9.17, 15) is 9.90 Å². The van der Waals surface area contributed by atoms with Gasteiger partial charge in [-0.1, -0.05) is 32.0 Å². The second-order valence-electron chi connectivity index (χ2n) is 5.64. The Balaban J connectivity index is 2.12. The van der Waals surface area contributed by atoms with Crippen molar-refractivity contribution in [2.75, 3.05) is 5.32 Å². The number of hydrogen-bond acceptors (Lipinski definition) is 4. The third-order valence-electron chi connectivity index (χ3n) is 3.70. The Labute approximate surface area is 110 Å². The Morgan fingerprint density at radius 2 is 2.05 bits per heavy atom. The molecule has 0 bridgehead atoms. The molecule has 1 fully saturated rings. The molecule has 98 valence electrons. The quantitative estimate of drug-likeness (QED) is 0.883. The van der Waals surface area contributed by atoms with E-state index in [0.717, 1.165) is 11.8 Å². The maximum atomic E-state index is 11.3. The molecule has 0 amide bonds. The van der Waals surface area contributed by atoms with Crippen molar-refractivity contribution in [3.63, 3.8) is 0 Å². The fourth-order valence-electron chi connectivity index (χ4n) is 2.24. The molecule has 19 heavy (non-hydrogen) atoms. The molecule has 1 unspecified atom stereocenters. The molecule has 3 rings (SSSR count). The van der Waals surface area contributed by atoms with Crippen molar-refractivity contribution in [3.05, 3.63) is 30.0 Å². The van der Waals surface area contributed by atoms with Crippen molar-refractivity contribution in [1.82, 2.24) is 10.2 Å². The van der Waals surface area contributed by atoms with E-state index in [1.807, 2.05) is 24.3 Å². The van der Waals surface area contributed by atoms with Crippen LogP contribution in [0.5, 0.6) is 0 Å². The van der Waals surface area contributed by atoms with Crippen molar-refractivity contribution < 1.29 is 9.90 Å². The predicted octanol–water partition coefficient (Wildman–Crippen LogP) is 2.54. The summed E-state index contributed by atoms with van der Waals surface area (Å²) in [5.74, 6) is -1.06. The van der Waals surface area contributed by atoms with Crippen LogP contribution in [0.2, 0.25) is 0 Å². The Bertz CT molecular complexity index is 667. The summed E-state index contributed by atoms with van der Waals surface area (Å²) in [5, 5.41) is 21.1. The molecule has 2 N–H and O–H groups in total. The van der Waals surface area contributed by atoms with Crippen molar-refractivity contribution in [1.29, 1.82) is 0 Å². The summed E-state index contributed by atoms with van der Waals surface area (Å²) < 4.78 is 0. The number of anilines is 1. The van der Waals surface area contributed by atoms with Gasteiger partial charge in [0.2, 0.25) is 0 Å². The third-order valence-corrected chi connectivity index (χ3v) is 3.70. The van der Waals surface area contributed by atoms with E-state index >= 15 is 0 Å². The molecule has 0 radical (unpaired) electrons. The summed E-state index contributed by atoms with van der Waals surface area (Å²) in [6.45, 7) is 4.31. The minimum absolute atomic E-state index is 0.0126. The minimum atomic E-state index is -1.06. The molecule has 1 saturated carbocycles.